The number of hydrazone groups is 1. The van der Waals surface area contributed by atoms with Gasteiger partial charge >= 0.3 is 0 Å². The van der Waals surface area contributed by atoms with Gasteiger partial charge in [-0.2, -0.15) is 5.10 Å². The molecule has 34 heavy (non-hydrogen) atoms. The number of hydrogen-bond acceptors (Lipinski definition) is 7. The molecule has 4 aromatic rings. The van der Waals surface area contributed by atoms with E-state index in [2.05, 4.69) is 26.0 Å². The van der Waals surface area contributed by atoms with Crippen LogP contribution in [-0.4, -0.2) is 28.2 Å². The van der Waals surface area contributed by atoms with E-state index in [0.717, 1.165) is 16.9 Å². The minimum Gasteiger partial charge on any atom is -0.455 e. The van der Waals surface area contributed by atoms with E-state index in [1.165, 1.54) is 6.21 Å². The normalized spacial score (nSPS) is 11.0. The summed E-state index contributed by atoms with van der Waals surface area (Å²) in [6.07, 6.45) is 1.33. The van der Waals surface area contributed by atoms with Crippen molar-refractivity contribution < 1.29 is 14.0 Å². The van der Waals surface area contributed by atoms with Gasteiger partial charge in [-0.1, -0.05) is 52.2 Å². The minimum absolute atomic E-state index is 0.0425. The number of anilines is 1. The quantitative estimate of drug-likeness (QED) is 0.255. The van der Waals surface area contributed by atoms with E-state index in [9.17, 15) is 9.59 Å². The summed E-state index contributed by atoms with van der Waals surface area (Å²) in [4.78, 5) is 24.4. The van der Waals surface area contributed by atoms with Gasteiger partial charge in [-0.05, 0) is 49.4 Å². The highest BCUT2D eigenvalue weighted by Gasteiger charge is 2.13. The van der Waals surface area contributed by atoms with Crippen LogP contribution in [0.4, 0.5) is 5.13 Å². The third-order valence-electron chi connectivity index (χ3n) is 4.52. The van der Waals surface area contributed by atoms with Gasteiger partial charge in [0, 0.05) is 16.1 Å². The van der Waals surface area contributed by atoms with Crippen molar-refractivity contribution in [2.24, 2.45) is 5.10 Å². The highest BCUT2D eigenvalue weighted by Crippen LogP contribution is 2.31. The van der Waals surface area contributed by atoms with Crippen molar-refractivity contribution >= 4 is 57.7 Å². The van der Waals surface area contributed by atoms with Crippen LogP contribution in [0.25, 0.3) is 11.3 Å². The summed E-state index contributed by atoms with van der Waals surface area (Å²) in [5.74, 6) is 0.285. The molecule has 0 aliphatic rings. The number of nitrogens with one attached hydrogen (secondary N) is 2. The van der Waals surface area contributed by atoms with Gasteiger partial charge in [0.05, 0.1) is 17.7 Å². The molecule has 2 amide bonds. The van der Waals surface area contributed by atoms with Gasteiger partial charge in [0.1, 0.15) is 16.5 Å². The largest absolute Gasteiger partial charge is 0.455 e. The molecule has 172 valence electrons. The fourth-order valence-corrected chi connectivity index (χ4v) is 4.09. The monoisotopic (exact) mass is 513 g/mol. The van der Waals surface area contributed by atoms with E-state index in [1.807, 2.05) is 19.1 Å². The zero-order valence-electron chi connectivity index (χ0n) is 17.7. The summed E-state index contributed by atoms with van der Waals surface area (Å²) in [6.45, 7) is 1.94. The van der Waals surface area contributed by atoms with Crippen molar-refractivity contribution in [3.05, 3.63) is 86.5 Å². The number of benzene rings is 2. The summed E-state index contributed by atoms with van der Waals surface area (Å²) in [5.41, 5.74) is 4.66. The van der Waals surface area contributed by atoms with Crippen LogP contribution < -0.4 is 10.7 Å². The Morgan fingerprint density at radius 2 is 1.88 bits per heavy atom. The fourth-order valence-electron chi connectivity index (χ4n) is 2.85. The first-order chi connectivity index (χ1) is 16.4. The number of amides is 2. The van der Waals surface area contributed by atoms with Gasteiger partial charge in [0.25, 0.3) is 5.91 Å². The smallest absolute Gasteiger partial charge is 0.257 e. The first-order valence-electron chi connectivity index (χ1n) is 9.95. The third-order valence-corrected chi connectivity index (χ3v) is 5.90. The third kappa shape index (κ3) is 6.07. The molecule has 2 aromatic carbocycles. The molecule has 11 heteroatoms. The molecule has 0 bridgehead atoms. The molecule has 0 radical (unpaired) electrons. The number of halogens is 2. The maximum Gasteiger partial charge on any atom is 0.257 e. The topological polar surface area (TPSA) is 109 Å². The van der Waals surface area contributed by atoms with Crippen molar-refractivity contribution in [1.82, 2.24) is 15.6 Å². The highest BCUT2D eigenvalue weighted by molar-refractivity contribution is 7.15. The molecule has 2 heterocycles. The standard InChI is InChI=1S/C23H17Cl2N5O3S/c1-13-2-4-14(5-3-13)22(32)27-23-30-29-21(34-23)11-20(31)28-26-12-16-7-9-19(33-16)17-8-6-15(24)10-18(17)25/h2-10,12H,11H2,1H3,(H,28,31)(H,27,30,32). The number of furan rings is 1. The maximum atomic E-state index is 12.3. The zero-order valence-corrected chi connectivity index (χ0v) is 20.0. The number of nitrogens with zero attached hydrogens (tertiary/aromatic N) is 3. The van der Waals surface area contributed by atoms with Crippen LogP contribution in [0.3, 0.4) is 0 Å². The Balaban J connectivity index is 1.29. The van der Waals surface area contributed by atoms with E-state index in [0.29, 0.717) is 42.8 Å². The van der Waals surface area contributed by atoms with Gasteiger partial charge < -0.3 is 4.42 Å². The molecule has 0 saturated carbocycles. The molecule has 0 aliphatic carbocycles. The summed E-state index contributed by atoms with van der Waals surface area (Å²) < 4.78 is 5.69. The lowest BCUT2D eigenvalue weighted by Crippen LogP contribution is -2.19. The second-order valence-electron chi connectivity index (χ2n) is 7.12. The average Bonchev–Trinajstić information content (AvgIpc) is 3.44. The molecular formula is C23H17Cl2N5O3S. The van der Waals surface area contributed by atoms with Crippen molar-refractivity contribution in [2.75, 3.05) is 5.32 Å². The number of carbonyl (C=O) groups is 2. The van der Waals surface area contributed by atoms with Crippen molar-refractivity contribution in [2.45, 2.75) is 13.3 Å². The van der Waals surface area contributed by atoms with Crippen LogP contribution in [-0.2, 0) is 11.2 Å². The lowest BCUT2D eigenvalue weighted by atomic mass is 10.1. The highest BCUT2D eigenvalue weighted by atomic mass is 35.5. The summed E-state index contributed by atoms with van der Waals surface area (Å²) in [6, 6.07) is 15.7. The molecule has 2 N–H and O–H groups in total. The van der Waals surface area contributed by atoms with Crippen LogP contribution in [0, 0.1) is 6.92 Å². The number of aryl methyl sites for hydroxylation is 1. The number of rotatable bonds is 7. The van der Waals surface area contributed by atoms with Gasteiger partial charge in [0.15, 0.2) is 0 Å². The van der Waals surface area contributed by atoms with Gasteiger partial charge in [-0.3, -0.25) is 14.9 Å². The number of hydrogen-bond donors (Lipinski definition) is 2. The molecular weight excluding hydrogens is 497 g/mol. The van der Waals surface area contributed by atoms with E-state index in [4.69, 9.17) is 27.6 Å². The molecule has 0 spiro atoms. The molecule has 0 aliphatic heterocycles. The van der Waals surface area contributed by atoms with Crippen LogP contribution >= 0.6 is 34.5 Å². The summed E-state index contributed by atoms with van der Waals surface area (Å²) in [7, 11) is 0. The molecule has 2 aromatic heterocycles. The Hall–Kier alpha value is -3.53. The van der Waals surface area contributed by atoms with E-state index < -0.39 is 5.91 Å². The molecule has 0 saturated heterocycles. The van der Waals surface area contributed by atoms with Crippen molar-refractivity contribution in [3.63, 3.8) is 0 Å². The summed E-state index contributed by atoms with van der Waals surface area (Å²) >= 11 is 13.2. The Morgan fingerprint density at radius 3 is 2.65 bits per heavy atom. The molecule has 4 rings (SSSR count). The average molecular weight is 514 g/mol. The second kappa shape index (κ2) is 10.6. The van der Waals surface area contributed by atoms with Crippen LogP contribution in [0.2, 0.25) is 10.0 Å². The van der Waals surface area contributed by atoms with Crippen LogP contribution in [0.5, 0.6) is 0 Å². The molecule has 0 unspecified atom stereocenters. The predicted octanol–water partition coefficient (Wildman–Crippen LogP) is 5.36. The van der Waals surface area contributed by atoms with E-state index in [-0.39, 0.29) is 12.3 Å². The zero-order chi connectivity index (χ0) is 24.1. The summed E-state index contributed by atoms with van der Waals surface area (Å²) in [5, 5.41) is 16.1. The van der Waals surface area contributed by atoms with E-state index >= 15 is 0 Å². The van der Waals surface area contributed by atoms with Crippen LogP contribution in [0.15, 0.2) is 64.1 Å². The first-order valence-corrected chi connectivity index (χ1v) is 11.5. The maximum absolute atomic E-state index is 12.3. The lowest BCUT2D eigenvalue weighted by Gasteiger charge is -2.01. The van der Waals surface area contributed by atoms with Crippen LogP contribution in [0.1, 0.15) is 26.7 Å². The molecule has 0 atom stereocenters. The fraction of sp³-hybridized carbons (Fsp3) is 0.0870. The van der Waals surface area contributed by atoms with Crippen molar-refractivity contribution in [1.29, 1.82) is 0 Å². The minimum atomic E-state index is -0.392. The number of carbonyl (C=O) groups excluding carboxylic acids is 2. The van der Waals surface area contributed by atoms with Gasteiger partial charge in [0.2, 0.25) is 11.0 Å². The van der Waals surface area contributed by atoms with E-state index in [1.54, 1.807) is 42.5 Å². The number of aromatic nitrogens is 2. The SMILES string of the molecule is Cc1ccc(C(=O)Nc2nnc(CC(=O)NN=Cc3ccc(-c4ccc(Cl)cc4Cl)o3)s2)cc1. The Morgan fingerprint density at radius 1 is 1.09 bits per heavy atom. The van der Waals surface area contributed by atoms with Crippen molar-refractivity contribution in [3.8, 4) is 11.3 Å². The Bertz CT molecular complexity index is 1370. The molecule has 0 fully saturated rings. The van der Waals surface area contributed by atoms with Gasteiger partial charge in [-0.25, -0.2) is 5.43 Å². The Kier molecular flexibility index (Phi) is 7.36. The Labute approximate surface area is 208 Å². The predicted molar refractivity (Wildman–Crippen MR) is 133 cm³/mol. The first kappa shape index (κ1) is 23.6. The second-order valence-corrected chi connectivity index (χ2v) is 9.02. The lowest BCUT2D eigenvalue weighted by molar-refractivity contribution is -0.120. The molecule has 8 nitrogen and oxygen atoms in total. The van der Waals surface area contributed by atoms with Gasteiger partial charge in [-0.15, -0.1) is 10.2 Å².